The number of nitrogens with zero attached hydrogens (tertiary/aromatic N) is 1. The minimum Gasteiger partial charge on any atom is -0.493 e. The molecule has 12 heteroatoms. The summed E-state index contributed by atoms with van der Waals surface area (Å²) in [5, 5.41) is 1.68. The molecule has 0 aromatic heterocycles. The van der Waals surface area contributed by atoms with Crippen molar-refractivity contribution < 1.29 is 37.0 Å². The number of carbonyl (C=O) groups is 3. The summed E-state index contributed by atoms with van der Waals surface area (Å²) >= 11 is 8.00. The Morgan fingerprint density at radius 2 is 1.88 bits per heavy atom. The number of alkyl halides is 3. The monoisotopic (exact) mass is 608 g/mol. The third kappa shape index (κ3) is 5.30. The van der Waals surface area contributed by atoms with Crippen molar-refractivity contribution in [1.29, 1.82) is 0 Å². The third-order valence-electron chi connectivity index (χ3n) is 4.63. The number of barbiturate groups is 1. The molecule has 2 aromatic carbocycles. The number of rotatable bonds is 6. The number of benzene rings is 2. The maximum absolute atomic E-state index is 13.2. The molecule has 1 aliphatic heterocycles. The Bertz CT molecular complexity index is 1200. The van der Waals surface area contributed by atoms with Crippen LogP contribution in [-0.2, 0) is 15.8 Å². The molecule has 4 amide bonds. The SMILES string of the molecule is CCCOc1c(I)cc(/C=C2\C(=O)NC(=O)N(c3cc(C(F)(F)F)ccc3Cl)C2=O)cc1OC. The summed E-state index contributed by atoms with van der Waals surface area (Å²) in [6.07, 6.45) is -2.77. The minimum absolute atomic E-state index is 0.279. The van der Waals surface area contributed by atoms with E-state index in [0.717, 1.165) is 18.6 Å². The zero-order valence-corrected chi connectivity index (χ0v) is 20.7. The predicted molar refractivity (Wildman–Crippen MR) is 127 cm³/mol. The van der Waals surface area contributed by atoms with Gasteiger partial charge in [0.15, 0.2) is 11.5 Å². The van der Waals surface area contributed by atoms with Gasteiger partial charge in [-0.2, -0.15) is 13.2 Å². The van der Waals surface area contributed by atoms with E-state index in [2.05, 4.69) is 0 Å². The first-order valence-electron chi connectivity index (χ1n) is 9.76. The molecule has 2 aromatic rings. The lowest BCUT2D eigenvalue weighted by Gasteiger charge is -2.27. The highest BCUT2D eigenvalue weighted by molar-refractivity contribution is 14.1. The van der Waals surface area contributed by atoms with Crippen molar-refractivity contribution in [3.8, 4) is 11.5 Å². The fraction of sp³-hybridized carbons (Fsp3) is 0.227. The van der Waals surface area contributed by atoms with E-state index in [-0.39, 0.29) is 5.02 Å². The highest BCUT2D eigenvalue weighted by atomic mass is 127. The van der Waals surface area contributed by atoms with Crippen molar-refractivity contribution in [2.45, 2.75) is 19.5 Å². The maximum Gasteiger partial charge on any atom is 0.416 e. The van der Waals surface area contributed by atoms with Gasteiger partial charge in [-0.3, -0.25) is 14.9 Å². The highest BCUT2D eigenvalue weighted by Gasteiger charge is 2.39. The van der Waals surface area contributed by atoms with Crippen molar-refractivity contribution in [3.63, 3.8) is 0 Å². The van der Waals surface area contributed by atoms with Crippen LogP contribution in [0.2, 0.25) is 5.02 Å². The van der Waals surface area contributed by atoms with Gasteiger partial charge in [0.05, 0.1) is 33.6 Å². The van der Waals surface area contributed by atoms with Crippen LogP contribution in [0.5, 0.6) is 11.5 Å². The molecular weight excluding hydrogens is 592 g/mol. The number of carbonyl (C=O) groups excluding carboxylic acids is 3. The number of urea groups is 1. The first-order chi connectivity index (χ1) is 16.0. The van der Waals surface area contributed by atoms with Gasteiger partial charge in [0.1, 0.15) is 5.57 Å². The van der Waals surface area contributed by atoms with Gasteiger partial charge < -0.3 is 9.47 Å². The van der Waals surface area contributed by atoms with E-state index in [1.165, 1.54) is 19.3 Å². The van der Waals surface area contributed by atoms with Gasteiger partial charge in [-0.25, -0.2) is 9.69 Å². The Morgan fingerprint density at radius 3 is 2.50 bits per heavy atom. The second kappa shape index (κ2) is 10.2. The Labute approximate surface area is 211 Å². The molecule has 0 spiro atoms. The zero-order chi connectivity index (χ0) is 25.2. The van der Waals surface area contributed by atoms with Crippen LogP contribution in [0.15, 0.2) is 35.9 Å². The fourth-order valence-corrected chi connectivity index (χ4v) is 4.05. The topological polar surface area (TPSA) is 84.9 Å². The van der Waals surface area contributed by atoms with Crippen LogP contribution >= 0.6 is 34.2 Å². The molecule has 34 heavy (non-hydrogen) atoms. The molecule has 7 nitrogen and oxygen atoms in total. The Kier molecular flexibility index (Phi) is 7.76. The number of halogens is 5. The molecule has 0 aliphatic carbocycles. The lowest BCUT2D eigenvalue weighted by atomic mass is 10.1. The van der Waals surface area contributed by atoms with E-state index in [1.807, 2.05) is 34.8 Å². The maximum atomic E-state index is 13.2. The Hall–Kier alpha value is -2.80. The summed E-state index contributed by atoms with van der Waals surface area (Å²) in [4.78, 5) is 38.3. The van der Waals surface area contributed by atoms with Crippen LogP contribution in [0.1, 0.15) is 24.5 Å². The number of methoxy groups -OCH3 is 1. The number of hydrogen-bond donors (Lipinski definition) is 1. The molecule has 0 radical (unpaired) electrons. The van der Waals surface area contributed by atoms with Crippen LogP contribution in [-0.4, -0.2) is 31.6 Å². The number of imide groups is 2. The molecule has 1 N–H and O–H groups in total. The van der Waals surface area contributed by atoms with E-state index in [4.69, 9.17) is 21.1 Å². The molecule has 3 rings (SSSR count). The summed E-state index contributed by atoms with van der Waals surface area (Å²) in [6, 6.07) is 4.14. The molecule has 1 fully saturated rings. The summed E-state index contributed by atoms with van der Waals surface area (Å²) in [6.45, 7) is 2.39. The predicted octanol–water partition coefficient (Wildman–Crippen LogP) is 5.43. The van der Waals surface area contributed by atoms with Gasteiger partial charge in [-0.05, 0) is 71.0 Å². The number of anilines is 1. The summed E-state index contributed by atoms with van der Waals surface area (Å²) < 4.78 is 51.2. The molecule has 1 aliphatic rings. The Morgan fingerprint density at radius 1 is 1.18 bits per heavy atom. The number of amides is 4. The smallest absolute Gasteiger partial charge is 0.416 e. The van der Waals surface area contributed by atoms with Crippen molar-refractivity contribution >= 4 is 63.8 Å². The molecule has 0 atom stereocenters. The van der Waals surface area contributed by atoms with Gasteiger partial charge in [0.25, 0.3) is 11.8 Å². The Balaban J connectivity index is 2.06. The van der Waals surface area contributed by atoms with Crippen molar-refractivity contribution in [3.05, 3.63) is 55.6 Å². The zero-order valence-electron chi connectivity index (χ0n) is 17.8. The fourth-order valence-electron chi connectivity index (χ4n) is 3.07. The molecule has 0 bridgehead atoms. The van der Waals surface area contributed by atoms with Crippen molar-refractivity contribution in [2.75, 3.05) is 18.6 Å². The third-order valence-corrected chi connectivity index (χ3v) is 5.75. The standard InChI is InChI=1S/C22H17ClF3IN2O5/c1-3-6-34-18-15(27)8-11(9-17(18)33-2)7-13-19(30)28-21(32)29(20(13)31)16-10-12(22(24,25)26)4-5-14(16)23/h4-5,7-10H,3,6H2,1-2H3,(H,28,30,32)/b13-7+. The number of hydrogen-bond acceptors (Lipinski definition) is 5. The second-order valence-corrected chi connectivity index (χ2v) is 8.57. The summed E-state index contributed by atoms with van der Waals surface area (Å²) in [5.41, 5.74) is -1.73. The lowest BCUT2D eigenvalue weighted by molar-refractivity contribution is -0.137. The van der Waals surface area contributed by atoms with Crippen LogP contribution < -0.4 is 19.7 Å². The van der Waals surface area contributed by atoms with Gasteiger partial charge in [0.2, 0.25) is 0 Å². The van der Waals surface area contributed by atoms with Gasteiger partial charge >= 0.3 is 12.2 Å². The normalized spacial score (nSPS) is 15.6. The largest absolute Gasteiger partial charge is 0.493 e. The molecular formula is C22H17ClF3IN2O5. The number of ether oxygens (including phenoxy) is 2. The first-order valence-corrected chi connectivity index (χ1v) is 11.2. The van der Waals surface area contributed by atoms with Crippen LogP contribution in [0, 0.1) is 3.57 Å². The molecule has 0 saturated carbocycles. The van der Waals surface area contributed by atoms with Crippen LogP contribution in [0.4, 0.5) is 23.7 Å². The first kappa shape index (κ1) is 25.8. The van der Waals surface area contributed by atoms with Crippen molar-refractivity contribution in [2.24, 2.45) is 0 Å². The molecule has 180 valence electrons. The van der Waals surface area contributed by atoms with E-state index in [9.17, 15) is 27.6 Å². The second-order valence-electron chi connectivity index (χ2n) is 7.00. The number of nitrogens with one attached hydrogen (secondary N) is 1. The van der Waals surface area contributed by atoms with E-state index >= 15 is 0 Å². The van der Waals surface area contributed by atoms with E-state index in [0.29, 0.717) is 38.2 Å². The quantitative estimate of drug-likeness (QED) is 0.269. The molecule has 0 unspecified atom stereocenters. The lowest BCUT2D eigenvalue weighted by Crippen LogP contribution is -2.54. The minimum atomic E-state index is -4.74. The summed E-state index contributed by atoms with van der Waals surface area (Å²) in [5.74, 6) is -1.30. The van der Waals surface area contributed by atoms with Gasteiger partial charge in [0, 0.05) is 0 Å². The van der Waals surface area contributed by atoms with Crippen molar-refractivity contribution in [1.82, 2.24) is 5.32 Å². The van der Waals surface area contributed by atoms with Crippen LogP contribution in [0.3, 0.4) is 0 Å². The van der Waals surface area contributed by atoms with E-state index in [1.54, 1.807) is 6.07 Å². The average molecular weight is 609 g/mol. The molecule has 1 heterocycles. The highest BCUT2D eigenvalue weighted by Crippen LogP contribution is 2.38. The van der Waals surface area contributed by atoms with Gasteiger partial charge in [-0.15, -0.1) is 0 Å². The van der Waals surface area contributed by atoms with Crippen LogP contribution in [0.25, 0.3) is 6.08 Å². The molecule has 1 saturated heterocycles. The van der Waals surface area contributed by atoms with Gasteiger partial charge in [-0.1, -0.05) is 18.5 Å². The summed E-state index contributed by atoms with van der Waals surface area (Å²) in [7, 11) is 1.43. The average Bonchev–Trinajstić information content (AvgIpc) is 2.75. The van der Waals surface area contributed by atoms with E-state index < -0.39 is 40.8 Å².